The van der Waals surface area contributed by atoms with Crippen LogP contribution < -0.4 is 0 Å². The molecule has 0 radical (unpaired) electrons. The molecule has 204 valence electrons. The Morgan fingerprint density at radius 3 is 1.72 bits per heavy atom. The van der Waals surface area contributed by atoms with Crippen LogP contribution in [0.2, 0.25) is 0 Å². The Morgan fingerprint density at radius 1 is 0.442 bits per heavy atom. The molecule has 0 fully saturated rings. The summed E-state index contributed by atoms with van der Waals surface area (Å²) in [5.41, 5.74) is 13.9. The van der Waals surface area contributed by atoms with E-state index >= 15 is 0 Å². The highest BCUT2D eigenvalue weighted by Gasteiger charge is 2.40. The van der Waals surface area contributed by atoms with Gasteiger partial charge in [-0.1, -0.05) is 111 Å². The molecule has 8 aromatic rings. The van der Waals surface area contributed by atoms with Gasteiger partial charge in [0.1, 0.15) is 0 Å². The van der Waals surface area contributed by atoms with Gasteiger partial charge in [-0.2, -0.15) is 0 Å². The van der Waals surface area contributed by atoms with Crippen molar-refractivity contribution in [2.24, 2.45) is 0 Å². The molecule has 2 nitrogen and oxygen atoms in total. The van der Waals surface area contributed by atoms with Crippen molar-refractivity contribution in [1.29, 1.82) is 0 Å². The summed E-state index contributed by atoms with van der Waals surface area (Å²) >= 11 is 0. The highest BCUT2D eigenvalue weighted by atomic mass is 15.0. The summed E-state index contributed by atoms with van der Waals surface area (Å²) in [4.78, 5) is 0. The minimum absolute atomic E-state index is 0.0940. The van der Waals surface area contributed by atoms with Gasteiger partial charge in [0.25, 0.3) is 0 Å². The van der Waals surface area contributed by atoms with E-state index in [-0.39, 0.29) is 5.41 Å². The molecular weight excluding hydrogens is 520 g/mol. The van der Waals surface area contributed by atoms with E-state index < -0.39 is 0 Å². The Bertz CT molecular complexity index is 2300. The predicted molar refractivity (Wildman–Crippen MR) is 181 cm³/mol. The van der Waals surface area contributed by atoms with E-state index in [9.17, 15) is 0 Å². The van der Waals surface area contributed by atoms with E-state index in [4.69, 9.17) is 0 Å². The summed E-state index contributed by atoms with van der Waals surface area (Å²) < 4.78 is 4.84. The third-order valence-corrected chi connectivity index (χ3v) is 9.50. The zero-order chi connectivity index (χ0) is 28.7. The van der Waals surface area contributed by atoms with Crippen LogP contribution in [0.5, 0.6) is 0 Å². The number of fused-ring (bicyclic) bond motifs is 8. The van der Waals surface area contributed by atoms with Gasteiger partial charge >= 0.3 is 0 Å². The van der Waals surface area contributed by atoms with Gasteiger partial charge in [-0.15, -0.1) is 0 Å². The molecule has 0 N–H and O–H groups in total. The first-order valence-corrected chi connectivity index (χ1v) is 15.0. The van der Waals surface area contributed by atoms with Gasteiger partial charge in [-0.3, -0.25) is 0 Å². The van der Waals surface area contributed by atoms with E-state index in [2.05, 4.69) is 169 Å². The van der Waals surface area contributed by atoms with Crippen molar-refractivity contribution >= 4 is 32.7 Å². The van der Waals surface area contributed by atoms with Gasteiger partial charge in [-0.25, -0.2) is 0 Å². The molecule has 43 heavy (non-hydrogen) atoms. The standard InChI is InChI=1S/C41H30N2/c1-41(2)35-17-9-6-16-33(35)40-39(41)34-26-28(22-25-38(34)43(40)29-12-4-3-5-13-29)27-20-23-30(24-21-27)42-36-18-10-7-14-31(36)32-15-8-11-19-37(32)42/h3-26H,1-2H3. The van der Waals surface area contributed by atoms with Crippen LogP contribution in [0.25, 0.3) is 66.5 Å². The molecule has 9 rings (SSSR count). The number of rotatable bonds is 3. The quantitative estimate of drug-likeness (QED) is 0.207. The molecule has 6 aromatic carbocycles. The number of para-hydroxylation sites is 3. The number of aromatic nitrogens is 2. The van der Waals surface area contributed by atoms with Crippen molar-refractivity contribution in [2.75, 3.05) is 0 Å². The second kappa shape index (κ2) is 8.83. The summed E-state index contributed by atoms with van der Waals surface area (Å²) in [5.74, 6) is 0. The number of benzene rings is 6. The van der Waals surface area contributed by atoms with Crippen LogP contribution in [-0.4, -0.2) is 9.13 Å². The number of hydrogen-bond acceptors (Lipinski definition) is 0. The Kier molecular flexibility index (Phi) is 4.99. The van der Waals surface area contributed by atoms with Crippen molar-refractivity contribution < 1.29 is 0 Å². The molecule has 2 heterocycles. The zero-order valence-electron chi connectivity index (χ0n) is 24.3. The average molecular weight is 551 g/mol. The highest BCUT2D eigenvalue weighted by molar-refractivity contribution is 6.09. The predicted octanol–water partition coefficient (Wildman–Crippen LogP) is 10.7. The summed E-state index contributed by atoms with van der Waals surface area (Å²) in [7, 11) is 0. The maximum absolute atomic E-state index is 2.47. The lowest BCUT2D eigenvalue weighted by molar-refractivity contribution is 0.666. The molecule has 0 bridgehead atoms. The first-order valence-electron chi connectivity index (χ1n) is 15.0. The first-order chi connectivity index (χ1) is 21.1. The van der Waals surface area contributed by atoms with E-state index in [1.807, 2.05) is 0 Å². The molecule has 1 aliphatic rings. The molecule has 0 atom stereocenters. The second-order valence-electron chi connectivity index (χ2n) is 12.2. The van der Waals surface area contributed by atoms with Crippen LogP contribution in [0.4, 0.5) is 0 Å². The minimum Gasteiger partial charge on any atom is -0.309 e. The molecular formula is C41H30N2. The topological polar surface area (TPSA) is 9.86 Å². The van der Waals surface area contributed by atoms with Crippen LogP contribution in [0, 0.1) is 0 Å². The van der Waals surface area contributed by atoms with E-state index in [1.54, 1.807) is 0 Å². The van der Waals surface area contributed by atoms with Crippen LogP contribution in [-0.2, 0) is 5.41 Å². The van der Waals surface area contributed by atoms with Gasteiger partial charge in [-0.05, 0) is 70.8 Å². The molecule has 0 amide bonds. The van der Waals surface area contributed by atoms with Crippen molar-refractivity contribution in [3.63, 3.8) is 0 Å². The SMILES string of the molecule is CC1(C)c2ccccc2-c2c1c1cc(-c3ccc(-n4c5ccccc5c5ccccc54)cc3)ccc1n2-c1ccccc1. The van der Waals surface area contributed by atoms with Crippen LogP contribution >= 0.6 is 0 Å². The molecule has 0 spiro atoms. The average Bonchev–Trinajstić information content (AvgIpc) is 3.66. The summed E-state index contributed by atoms with van der Waals surface area (Å²) in [6.45, 7) is 4.75. The Morgan fingerprint density at radius 2 is 1.00 bits per heavy atom. The third-order valence-electron chi connectivity index (χ3n) is 9.50. The van der Waals surface area contributed by atoms with Gasteiger partial charge in [0.05, 0.1) is 22.2 Å². The Hall–Kier alpha value is -5.34. The highest BCUT2D eigenvalue weighted by Crippen LogP contribution is 2.54. The van der Waals surface area contributed by atoms with E-state index in [0.29, 0.717) is 0 Å². The molecule has 0 aliphatic heterocycles. The molecule has 2 heteroatoms. The number of hydrogen-bond donors (Lipinski definition) is 0. The lowest BCUT2D eigenvalue weighted by atomic mass is 9.81. The van der Waals surface area contributed by atoms with Crippen molar-refractivity contribution in [2.45, 2.75) is 19.3 Å². The molecule has 0 unspecified atom stereocenters. The fraction of sp³-hybridized carbons (Fsp3) is 0.0732. The van der Waals surface area contributed by atoms with E-state index in [0.717, 1.165) is 0 Å². The Balaban J connectivity index is 1.23. The van der Waals surface area contributed by atoms with Crippen molar-refractivity contribution in [1.82, 2.24) is 9.13 Å². The normalized spacial score (nSPS) is 13.5. The molecule has 0 saturated carbocycles. The summed E-state index contributed by atoms with van der Waals surface area (Å²) in [6, 6.07) is 53.2. The van der Waals surface area contributed by atoms with Crippen LogP contribution in [0.1, 0.15) is 25.0 Å². The lowest BCUT2D eigenvalue weighted by Gasteiger charge is -2.21. The maximum Gasteiger partial charge on any atom is 0.0584 e. The largest absolute Gasteiger partial charge is 0.309 e. The first kappa shape index (κ1) is 24.3. The van der Waals surface area contributed by atoms with Crippen molar-refractivity contribution in [3.8, 4) is 33.8 Å². The zero-order valence-corrected chi connectivity index (χ0v) is 24.3. The van der Waals surface area contributed by atoms with Gasteiger partial charge in [0.2, 0.25) is 0 Å². The molecule has 1 aliphatic carbocycles. The fourth-order valence-electron chi connectivity index (χ4n) is 7.58. The van der Waals surface area contributed by atoms with Crippen LogP contribution in [0.3, 0.4) is 0 Å². The van der Waals surface area contributed by atoms with Gasteiger partial charge < -0.3 is 9.13 Å². The van der Waals surface area contributed by atoms with Gasteiger partial charge in [0.15, 0.2) is 0 Å². The lowest BCUT2D eigenvalue weighted by Crippen LogP contribution is -2.14. The smallest absolute Gasteiger partial charge is 0.0584 e. The Labute approximate surface area is 251 Å². The second-order valence-corrected chi connectivity index (χ2v) is 12.2. The fourth-order valence-corrected chi connectivity index (χ4v) is 7.58. The van der Waals surface area contributed by atoms with Gasteiger partial charge in [0, 0.05) is 38.5 Å². The summed E-state index contributed by atoms with van der Waals surface area (Å²) in [6.07, 6.45) is 0. The number of nitrogens with zero attached hydrogens (tertiary/aromatic N) is 2. The maximum atomic E-state index is 2.47. The third kappa shape index (κ3) is 3.35. The summed E-state index contributed by atoms with van der Waals surface area (Å²) in [5, 5.41) is 3.89. The molecule has 2 aromatic heterocycles. The van der Waals surface area contributed by atoms with Crippen molar-refractivity contribution in [3.05, 3.63) is 157 Å². The van der Waals surface area contributed by atoms with Crippen LogP contribution in [0.15, 0.2) is 146 Å². The minimum atomic E-state index is -0.0940. The van der Waals surface area contributed by atoms with E-state index in [1.165, 1.54) is 77.6 Å². The molecule has 0 saturated heterocycles. The monoisotopic (exact) mass is 550 g/mol.